The Bertz CT molecular complexity index is 239. The summed E-state index contributed by atoms with van der Waals surface area (Å²) in [6, 6.07) is -2.73. The Morgan fingerprint density at radius 3 is 2.36 bits per heavy atom. The predicted molar refractivity (Wildman–Crippen MR) is 57.8 cm³/mol. The van der Waals surface area contributed by atoms with E-state index in [9.17, 15) is 0 Å². The van der Waals surface area contributed by atoms with Crippen molar-refractivity contribution in [3.05, 3.63) is 23.4 Å². The van der Waals surface area contributed by atoms with Crippen molar-refractivity contribution >= 4 is 56.3 Å². The molecular weight excluding hydrogens is 239 g/mol. The second-order valence-electron chi connectivity index (χ2n) is 2.13. The van der Waals surface area contributed by atoms with Crippen LogP contribution in [-0.2, 0) is 0 Å². The molecule has 0 bridgehead atoms. The molecule has 0 nitrogen and oxygen atoms in total. The molecule has 0 saturated carbocycles. The van der Waals surface area contributed by atoms with Gasteiger partial charge in [-0.05, 0) is 5.20 Å². The number of hydrogen-bond acceptors (Lipinski definition) is 1. The Hall–Kier alpha value is 0.657. The van der Waals surface area contributed by atoms with Gasteiger partial charge in [-0.15, -0.1) is 33.2 Å². The lowest BCUT2D eigenvalue weighted by atomic mass is 10.2. The molecule has 0 aromatic carbocycles. The van der Waals surface area contributed by atoms with Gasteiger partial charge in [-0.2, -0.15) is 0 Å². The maximum Gasteiger partial charge on any atom is 0.374 e. The number of halogens is 3. The largest absolute Gasteiger partial charge is 0.374 e. The number of allylic oxidation sites excluding steroid dienone is 4. The van der Waals surface area contributed by atoms with Crippen LogP contribution in [0.5, 0.6) is 0 Å². The van der Waals surface area contributed by atoms with E-state index in [0.29, 0.717) is 0 Å². The molecule has 60 valence electrons. The van der Waals surface area contributed by atoms with Crippen molar-refractivity contribution in [1.82, 2.24) is 0 Å². The summed E-state index contributed by atoms with van der Waals surface area (Å²) in [6.07, 6.45) is 6.35. The lowest BCUT2D eigenvalue weighted by Gasteiger charge is -2.15. The summed E-state index contributed by atoms with van der Waals surface area (Å²) in [6.45, 7) is 0. The predicted octanol–water partition coefficient (Wildman–Crippen LogP) is 3.44. The van der Waals surface area contributed by atoms with Crippen molar-refractivity contribution < 1.29 is 0 Å². The first-order valence-corrected chi connectivity index (χ1v) is 8.43. The quantitative estimate of drug-likeness (QED) is 0.386. The molecule has 1 rings (SSSR count). The molecule has 0 aliphatic heterocycles. The lowest BCUT2D eigenvalue weighted by molar-refractivity contribution is 1.49. The van der Waals surface area contributed by atoms with Gasteiger partial charge < -0.3 is 0 Å². The van der Waals surface area contributed by atoms with Crippen LogP contribution in [0.15, 0.2) is 23.4 Å². The second-order valence-corrected chi connectivity index (χ2v) is 11.0. The van der Waals surface area contributed by atoms with Gasteiger partial charge in [0.1, 0.15) is 0 Å². The fourth-order valence-electron chi connectivity index (χ4n) is 0.795. The van der Waals surface area contributed by atoms with Gasteiger partial charge in [-0.25, -0.2) is 0 Å². The fraction of sp³-hybridized carbons (Fsp3) is 0.167. The maximum absolute atomic E-state index is 5.79. The highest BCUT2D eigenvalue weighted by molar-refractivity contribution is 7.82. The molecule has 0 N–H and O–H groups in total. The third-order valence-electron chi connectivity index (χ3n) is 1.31. The van der Waals surface area contributed by atoms with E-state index in [0.717, 1.165) is 16.5 Å². The Balaban J connectivity index is 2.93. The third kappa shape index (κ3) is 2.56. The molecule has 0 aromatic rings. The maximum atomic E-state index is 5.79. The first-order valence-electron chi connectivity index (χ1n) is 2.99. The Labute approximate surface area is 85.9 Å². The Kier molecular flexibility index (Phi) is 3.17. The third-order valence-corrected chi connectivity index (χ3v) is 4.79. The van der Waals surface area contributed by atoms with Crippen LogP contribution in [0.3, 0.4) is 0 Å². The van der Waals surface area contributed by atoms with Gasteiger partial charge in [0.2, 0.25) is 0 Å². The van der Waals surface area contributed by atoms with Gasteiger partial charge >= 0.3 is 6.00 Å². The summed E-state index contributed by atoms with van der Waals surface area (Å²) in [5.74, 6) is 0. The van der Waals surface area contributed by atoms with Gasteiger partial charge in [0.25, 0.3) is 0 Å². The number of thiocarbonyl (C=S) groups is 1. The minimum atomic E-state index is -2.73. The van der Waals surface area contributed by atoms with Crippen LogP contribution in [0.2, 0.25) is 0 Å². The molecule has 0 amide bonds. The van der Waals surface area contributed by atoms with E-state index in [1.807, 2.05) is 12.2 Å². The Morgan fingerprint density at radius 2 is 2.00 bits per heavy atom. The minimum Gasteiger partial charge on any atom is -0.121 e. The van der Waals surface area contributed by atoms with Crippen LogP contribution >= 0.6 is 45.5 Å². The van der Waals surface area contributed by atoms with Crippen LogP contribution in [0.25, 0.3) is 0 Å². The number of hydrogen-bond donors (Lipinski definition) is 0. The molecule has 0 heterocycles. The van der Waals surface area contributed by atoms with Gasteiger partial charge in [0.15, 0.2) is 0 Å². The summed E-state index contributed by atoms with van der Waals surface area (Å²) in [4.78, 5) is 0.763. The van der Waals surface area contributed by atoms with Gasteiger partial charge in [0, 0.05) is 11.3 Å². The monoisotopic (exact) mass is 242 g/mol. The SMILES string of the molecule is S=C1CC=CC=C1[Si](Cl)(Cl)Cl. The molecular formula is C6H5Cl3SSi. The van der Waals surface area contributed by atoms with Crippen molar-refractivity contribution in [3.63, 3.8) is 0 Å². The summed E-state index contributed by atoms with van der Waals surface area (Å²) >= 11 is 22.4. The van der Waals surface area contributed by atoms with E-state index in [-0.39, 0.29) is 0 Å². The zero-order valence-corrected chi connectivity index (χ0v) is 9.57. The zero-order valence-electron chi connectivity index (χ0n) is 5.48. The van der Waals surface area contributed by atoms with E-state index in [4.69, 9.17) is 45.5 Å². The molecule has 0 radical (unpaired) electrons. The average molecular weight is 244 g/mol. The fourth-order valence-corrected chi connectivity index (χ4v) is 4.22. The van der Waals surface area contributed by atoms with Crippen LogP contribution in [0, 0.1) is 0 Å². The molecule has 1 aliphatic carbocycles. The topological polar surface area (TPSA) is 0 Å². The summed E-state index contributed by atoms with van der Waals surface area (Å²) in [5, 5.41) is 0.750. The van der Waals surface area contributed by atoms with E-state index < -0.39 is 6.00 Å². The molecule has 0 atom stereocenters. The van der Waals surface area contributed by atoms with E-state index in [2.05, 4.69) is 0 Å². The highest BCUT2D eigenvalue weighted by atomic mass is 35.8. The minimum absolute atomic E-state index is 0.724. The van der Waals surface area contributed by atoms with E-state index in [1.165, 1.54) is 0 Å². The molecule has 0 unspecified atom stereocenters. The summed E-state index contributed by atoms with van der Waals surface area (Å²) < 4.78 is 0. The first kappa shape index (κ1) is 9.74. The molecule has 11 heavy (non-hydrogen) atoms. The molecule has 5 heteroatoms. The van der Waals surface area contributed by atoms with Crippen molar-refractivity contribution in [1.29, 1.82) is 0 Å². The lowest BCUT2D eigenvalue weighted by Crippen LogP contribution is -2.21. The van der Waals surface area contributed by atoms with Crippen molar-refractivity contribution in [3.8, 4) is 0 Å². The van der Waals surface area contributed by atoms with Crippen LogP contribution in [-0.4, -0.2) is 10.9 Å². The smallest absolute Gasteiger partial charge is 0.121 e. The summed E-state index contributed by atoms with van der Waals surface area (Å²) in [7, 11) is 0. The number of rotatable bonds is 1. The standard InChI is InChI=1S/C6H5Cl3SSi/c7-11(8,9)6-4-2-1-3-5(6)10/h1-2,4H,3H2. The van der Waals surface area contributed by atoms with Gasteiger partial charge in [-0.3, -0.25) is 0 Å². The molecule has 0 fully saturated rings. The second kappa shape index (κ2) is 3.58. The van der Waals surface area contributed by atoms with Crippen molar-refractivity contribution in [2.24, 2.45) is 0 Å². The first-order chi connectivity index (χ1) is 5.02. The molecule has 0 aromatic heterocycles. The molecule has 0 spiro atoms. The van der Waals surface area contributed by atoms with Gasteiger partial charge in [-0.1, -0.05) is 30.4 Å². The zero-order chi connectivity index (χ0) is 8.48. The van der Waals surface area contributed by atoms with E-state index >= 15 is 0 Å². The van der Waals surface area contributed by atoms with Crippen molar-refractivity contribution in [2.45, 2.75) is 6.42 Å². The molecule has 0 saturated heterocycles. The van der Waals surface area contributed by atoms with Gasteiger partial charge in [0.05, 0.1) is 0 Å². The normalized spacial score (nSPS) is 18.5. The highest BCUT2D eigenvalue weighted by Crippen LogP contribution is 2.32. The van der Waals surface area contributed by atoms with Crippen LogP contribution in [0.1, 0.15) is 6.42 Å². The summed E-state index contributed by atoms with van der Waals surface area (Å²) in [5.41, 5.74) is 0. The van der Waals surface area contributed by atoms with Crippen LogP contribution < -0.4 is 0 Å². The molecule has 1 aliphatic rings. The van der Waals surface area contributed by atoms with Crippen LogP contribution in [0.4, 0.5) is 0 Å². The Morgan fingerprint density at radius 1 is 1.36 bits per heavy atom. The highest BCUT2D eigenvalue weighted by Gasteiger charge is 2.33. The average Bonchev–Trinajstić information content (AvgIpc) is 1.86. The van der Waals surface area contributed by atoms with Crippen molar-refractivity contribution in [2.75, 3.05) is 0 Å². The van der Waals surface area contributed by atoms with E-state index in [1.54, 1.807) is 6.08 Å².